The quantitative estimate of drug-likeness (QED) is 0.167. The Kier molecular flexibility index (Phi) is 8.72. The van der Waals surface area contributed by atoms with Gasteiger partial charge >= 0.3 is 0 Å². The van der Waals surface area contributed by atoms with E-state index in [1.165, 1.54) is 49.7 Å². The maximum Gasteiger partial charge on any atom is 0.164 e. The third kappa shape index (κ3) is 5.82. The van der Waals surface area contributed by atoms with E-state index in [2.05, 4.69) is 223 Å². The summed E-state index contributed by atoms with van der Waals surface area (Å²) in [5.74, 6) is 1.88. The van der Waals surface area contributed by atoms with Crippen LogP contribution in [0.3, 0.4) is 0 Å². The molecule has 0 bridgehead atoms. The summed E-state index contributed by atoms with van der Waals surface area (Å²) in [6.45, 7) is 0. The molecule has 0 amide bonds. The van der Waals surface area contributed by atoms with Gasteiger partial charge in [0.25, 0.3) is 0 Å². The summed E-state index contributed by atoms with van der Waals surface area (Å²) in [4.78, 5) is 18.4. The second kappa shape index (κ2) is 15.2. The van der Waals surface area contributed by atoms with E-state index >= 15 is 0 Å². The second-order valence-corrected chi connectivity index (χ2v) is 17.1. The largest absolute Gasteiger partial charge is 0.310 e. The molecule has 1 aromatic heterocycles. The summed E-state index contributed by atoms with van der Waals surface area (Å²) in [6.07, 6.45) is 0. The molecule has 13 rings (SSSR count). The summed E-state index contributed by atoms with van der Waals surface area (Å²) < 4.78 is 0. The summed E-state index contributed by atoms with van der Waals surface area (Å²) in [5, 5.41) is 2.44. The number of rotatable bonds is 6. The number of benzene rings is 10. The molecule has 2 aliphatic rings. The van der Waals surface area contributed by atoms with E-state index < -0.39 is 5.41 Å². The summed E-state index contributed by atoms with van der Waals surface area (Å²) in [7, 11) is 0. The van der Waals surface area contributed by atoms with Crippen LogP contribution in [0.25, 0.3) is 78.3 Å². The van der Waals surface area contributed by atoms with Gasteiger partial charge in [0, 0.05) is 22.4 Å². The van der Waals surface area contributed by atoms with Gasteiger partial charge in [0.15, 0.2) is 17.5 Å². The van der Waals surface area contributed by atoms with E-state index in [4.69, 9.17) is 15.0 Å². The molecule has 0 N–H and O–H groups in total. The molecule has 66 heavy (non-hydrogen) atoms. The molecular formula is C62H40N4. The van der Waals surface area contributed by atoms with Gasteiger partial charge in [-0.05, 0) is 96.7 Å². The van der Waals surface area contributed by atoms with Crippen LogP contribution in [0.15, 0.2) is 243 Å². The third-order valence-corrected chi connectivity index (χ3v) is 13.5. The average Bonchev–Trinajstić information content (AvgIpc) is 3.69. The minimum atomic E-state index is -0.665. The molecule has 2 heterocycles. The maximum absolute atomic E-state index is 5.42. The lowest BCUT2D eigenvalue weighted by molar-refractivity contribution is 0.753. The fourth-order valence-electron chi connectivity index (χ4n) is 10.7. The van der Waals surface area contributed by atoms with E-state index in [9.17, 15) is 0 Å². The van der Waals surface area contributed by atoms with Crippen molar-refractivity contribution in [3.63, 3.8) is 0 Å². The summed E-state index contributed by atoms with van der Waals surface area (Å²) in [6, 6.07) is 87.1. The molecule has 11 aromatic rings. The third-order valence-electron chi connectivity index (χ3n) is 13.5. The van der Waals surface area contributed by atoms with Crippen molar-refractivity contribution in [2.75, 3.05) is 4.90 Å². The predicted octanol–water partition coefficient (Wildman–Crippen LogP) is 15.5. The van der Waals surface area contributed by atoms with Gasteiger partial charge in [0.1, 0.15) is 0 Å². The highest BCUT2D eigenvalue weighted by Crippen LogP contribution is 2.64. The highest BCUT2D eigenvalue weighted by atomic mass is 15.2. The van der Waals surface area contributed by atoms with Crippen LogP contribution in [0.1, 0.15) is 22.3 Å². The monoisotopic (exact) mass is 840 g/mol. The van der Waals surface area contributed by atoms with Crippen LogP contribution in [0.5, 0.6) is 0 Å². The lowest BCUT2D eigenvalue weighted by Gasteiger charge is -2.45. The van der Waals surface area contributed by atoms with E-state index in [1.807, 2.05) is 24.3 Å². The number of para-hydroxylation sites is 3. The van der Waals surface area contributed by atoms with Gasteiger partial charge in [-0.3, -0.25) is 0 Å². The lowest BCUT2D eigenvalue weighted by atomic mass is 9.64. The van der Waals surface area contributed by atoms with Crippen molar-refractivity contribution in [2.24, 2.45) is 0 Å². The molecule has 1 spiro atoms. The van der Waals surface area contributed by atoms with E-state index in [0.29, 0.717) is 17.5 Å². The van der Waals surface area contributed by atoms with E-state index in [1.54, 1.807) is 0 Å². The minimum absolute atomic E-state index is 0.625. The molecule has 0 atom stereocenters. The van der Waals surface area contributed by atoms with Crippen LogP contribution in [0, 0.1) is 0 Å². The molecule has 4 heteroatoms. The number of anilines is 3. The van der Waals surface area contributed by atoms with Crippen molar-refractivity contribution in [1.82, 2.24) is 15.0 Å². The van der Waals surface area contributed by atoms with Gasteiger partial charge < -0.3 is 4.90 Å². The summed E-state index contributed by atoms with van der Waals surface area (Å²) >= 11 is 0. The van der Waals surface area contributed by atoms with Crippen LogP contribution in [0.2, 0.25) is 0 Å². The Labute approximate surface area is 383 Å². The molecule has 4 nitrogen and oxygen atoms in total. The van der Waals surface area contributed by atoms with Gasteiger partial charge in [0.2, 0.25) is 0 Å². The lowest BCUT2D eigenvalue weighted by Crippen LogP contribution is -2.36. The first kappa shape index (κ1) is 37.8. The summed E-state index contributed by atoms with van der Waals surface area (Å²) in [5.41, 5.74) is 17.4. The predicted molar refractivity (Wildman–Crippen MR) is 270 cm³/mol. The van der Waals surface area contributed by atoms with Gasteiger partial charge in [-0.15, -0.1) is 0 Å². The molecule has 0 unspecified atom stereocenters. The highest BCUT2D eigenvalue weighted by molar-refractivity contribution is 6.03. The van der Waals surface area contributed by atoms with Crippen LogP contribution < -0.4 is 4.90 Å². The van der Waals surface area contributed by atoms with Crippen molar-refractivity contribution in [3.8, 4) is 67.5 Å². The molecule has 308 valence electrons. The number of aromatic nitrogens is 3. The van der Waals surface area contributed by atoms with Crippen molar-refractivity contribution in [2.45, 2.75) is 5.41 Å². The highest BCUT2D eigenvalue weighted by Gasteiger charge is 2.52. The van der Waals surface area contributed by atoms with Crippen molar-refractivity contribution >= 4 is 27.8 Å². The molecule has 0 saturated heterocycles. The Balaban J connectivity index is 1.10. The Morgan fingerprint density at radius 3 is 1.50 bits per heavy atom. The average molecular weight is 841 g/mol. The number of hydrogen-bond acceptors (Lipinski definition) is 4. The standard InChI is InChI=1S/C62H40N4/c1-4-18-41(19-5-1)42-34-36-45(37-35-42)60-63-59(44-21-6-2-7-22-44)64-61(65-60)50-28-17-31-55-58(50)51-40-46(49-27-16-23-43-20-10-11-26-48(43)49)38-39-52(51)62(55)53-29-12-14-32-56(53)66(47-24-8-3-9-25-47)57-33-15-13-30-54(57)62/h1-40H. The first-order valence-electron chi connectivity index (χ1n) is 22.5. The van der Waals surface area contributed by atoms with Crippen LogP contribution in [-0.2, 0) is 5.41 Å². The van der Waals surface area contributed by atoms with E-state index in [-0.39, 0.29) is 0 Å². The zero-order valence-corrected chi connectivity index (χ0v) is 35.9. The zero-order chi connectivity index (χ0) is 43.6. The molecule has 0 radical (unpaired) electrons. The van der Waals surface area contributed by atoms with Crippen molar-refractivity contribution in [1.29, 1.82) is 0 Å². The second-order valence-electron chi connectivity index (χ2n) is 17.1. The number of hydrogen-bond donors (Lipinski definition) is 0. The van der Waals surface area contributed by atoms with E-state index in [0.717, 1.165) is 50.4 Å². The Morgan fingerprint density at radius 1 is 0.303 bits per heavy atom. The fourth-order valence-corrected chi connectivity index (χ4v) is 10.7. The maximum atomic E-state index is 5.42. The van der Waals surface area contributed by atoms with Gasteiger partial charge in [-0.2, -0.15) is 0 Å². The normalized spacial score (nSPS) is 12.9. The van der Waals surface area contributed by atoms with Gasteiger partial charge in [0.05, 0.1) is 16.8 Å². The number of fused-ring (bicyclic) bond motifs is 10. The fraction of sp³-hybridized carbons (Fsp3) is 0.0161. The molecule has 1 aliphatic heterocycles. The Morgan fingerprint density at radius 2 is 0.788 bits per heavy atom. The van der Waals surface area contributed by atoms with Crippen LogP contribution in [0.4, 0.5) is 17.1 Å². The van der Waals surface area contributed by atoms with Crippen molar-refractivity contribution < 1.29 is 0 Å². The van der Waals surface area contributed by atoms with Crippen LogP contribution >= 0.6 is 0 Å². The first-order chi connectivity index (χ1) is 32.7. The van der Waals surface area contributed by atoms with Crippen molar-refractivity contribution in [3.05, 3.63) is 265 Å². The zero-order valence-electron chi connectivity index (χ0n) is 35.9. The molecular weight excluding hydrogens is 801 g/mol. The molecule has 0 saturated carbocycles. The minimum Gasteiger partial charge on any atom is -0.310 e. The Hall–Kier alpha value is -8.73. The SMILES string of the molecule is c1ccc(-c2ccc(-c3nc(-c4ccccc4)nc(-c4cccc5c4-c4cc(-c6cccc7ccccc67)ccc4C54c5ccccc5N(c5ccccc5)c5ccccc54)n3)cc2)cc1. The smallest absolute Gasteiger partial charge is 0.164 e. The molecule has 10 aromatic carbocycles. The van der Waals surface area contributed by atoms with Gasteiger partial charge in [-0.1, -0.05) is 212 Å². The Bertz CT molecular complexity index is 3590. The van der Waals surface area contributed by atoms with Gasteiger partial charge in [-0.25, -0.2) is 15.0 Å². The number of nitrogens with zero attached hydrogens (tertiary/aromatic N) is 4. The van der Waals surface area contributed by atoms with Crippen LogP contribution in [-0.4, -0.2) is 15.0 Å². The topological polar surface area (TPSA) is 41.9 Å². The first-order valence-corrected chi connectivity index (χ1v) is 22.5. The molecule has 1 aliphatic carbocycles. The molecule has 0 fully saturated rings.